The number of nitrogens with one attached hydrogen (secondary N) is 1. The second-order valence-electron chi connectivity index (χ2n) is 7.93. The van der Waals surface area contributed by atoms with E-state index in [2.05, 4.69) is 5.32 Å². The van der Waals surface area contributed by atoms with Crippen LogP contribution in [0.25, 0.3) is 16.6 Å². The number of benzene rings is 2. The van der Waals surface area contributed by atoms with Gasteiger partial charge in [-0.05, 0) is 64.4 Å². The van der Waals surface area contributed by atoms with Gasteiger partial charge in [0.15, 0.2) is 0 Å². The number of amides is 1. The Morgan fingerprint density at radius 2 is 1.90 bits per heavy atom. The van der Waals surface area contributed by atoms with Crippen molar-refractivity contribution in [2.45, 2.75) is 46.3 Å². The van der Waals surface area contributed by atoms with Crippen LogP contribution in [0.4, 0.5) is 4.79 Å². The Bertz CT molecular complexity index is 1130. The highest BCUT2D eigenvalue weighted by Crippen LogP contribution is 2.22. The molecule has 3 aromatic rings. The van der Waals surface area contributed by atoms with Gasteiger partial charge in [-0.1, -0.05) is 29.8 Å². The number of hydrogen-bond donors (Lipinski definition) is 1. The molecule has 6 nitrogen and oxygen atoms in total. The summed E-state index contributed by atoms with van der Waals surface area (Å²) in [6.07, 6.45) is -0.582. The molecule has 0 bridgehead atoms. The van der Waals surface area contributed by atoms with Crippen molar-refractivity contribution in [3.05, 3.63) is 69.2 Å². The Hall–Kier alpha value is -2.86. The first kappa shape index (κ1) is 20.9. The second-order valence-corrected chi connectivity index (χ2v) is 8.37. The van der Waals surface area contributed by atoms with Crippen LogP contribution in [0.2, 0.25) is 5.02 Å². The van der Waals surface area contributed by atoms with Crippen LogP contribution in [0.1, 0.15) is 45.1 Å². The van der Waals surface area contributed by atoms with E-state index in [4.69, 9.17) is 21.3 Å². The number of rotatable bonds is 3. The molecule has 3 rings (SSSR count). The maximum atomic E-state index is 13.4. The maximum absolute atomic E-state index is 13.4. The number of para-hydroxylation sites is 1. The third kappa shape index (κ3) is 4.59. The zero-order valence-electron chi connectivity index (χ0n) is 17.1. The summed E-state index contributed by atoms with van der Waals surface area (Å²) in [4.78, 5) is 30.4. The second kappa shape index (κ2) is 7.87. The number of carbonyl (C=O) groups excluding carboxylic acids is 1. The molecule has 29 heavy (non-hydrogen) atoms. The number of nitrogens with zero attached hydrogens (tertiary/aromatic N) is 2. The molecule has 1 aromatic heterocycles. The van der Waals surface area contributed by atoms with Gasteiger partial charge >= 0.3 is 6.09 Å². The standard InChI is InChI=1S/C22H24ClN3O3/c1-13-8-6-11-17-18(13)25-19(14(2)24-21(28)29-22(3,4)5)26(20(17)27)16-10-7-9-15(23)12-16/h6-12,14H,1-5H3,(H,24,28). The molecule has 0 aliphatic heterocycles. The summed E-state index contributed by atoms with van der Waals surface area (Å²) in [6, 6.07) is 11.8. The minimum atomic E-state index is -0.635. The van der Waals surface area contributed by atoms with Gasteiger partial charge in [0.1, 0.15) is 11.4 Å². The SMILES string of the molecule is Cc1cccc2c(=O)n(-c3cccc(Cl)c3)c(C(C)NC(=O)OC(C)(C)C)nc12. The normalized spacial score (nSPS) is 12.6. The van der Waals surface area contributed by atoms with Crippen LogP contribution in [-0.2, 0) is 4.74 Å². The van der Waals surface area contributed by atoms with Gasteiger partial charge in [0.2, 0.25) is 0 Å². The molecular formula is C22H24ClN3O3. The Balaban J connectivity index is 2.18. The van der Waals surface area contributed by atoms with Crippen molar-refractivity contribution < 1.29 is 9.53 Å². The van der Waals surface area contributed by atoms with Crippen LogP contribution in [-0.4, -0.2) is 21.2 Å². The number of halogens is 1. The molecule has 0 aliphatic rings. The van der Waals surface area contributed by atoms with Gasteiger partial charge in [0.25, 0.3) is 5.56 Å². The van der Waals surface area contributed by atoms with Gasteiger partial charge in [-0.25, -0.2) is 9.78 Å². The molecule has 0 fully saturated rings. The summed E-state index contributed by atoms with van der Waals surface area (Å²) in [6.45, 7) is 9.02. The van der Waals surface area contributed by atoms with Crippen LogP contribution in [0.3, 0.4) is 0 Å². The fourth-order valence-corrected chi connectivity index (χ4v) is 3.26. The topological polar surface area (TPSA) is 73.2 Å². The smallest absolute Gasteiger partial charge is 0.408 e. The molecule has 0 saturated heterocycles. The Morgan fingerprint density at radius 1 is 1.21 bits per heavy atom. The first-order valence-corrected chi connectivity index (χ1v) is 9.72. The lowest BCUT2D eigenvalue weighted by molar-refractivity contribution is 0.0505. The first-order valence-electron chi connectivity index (χ1n) is 9.34. The molecule has 1 N–H and O–H groups in total. The third-order valence-electron chi connectivity index (χ3n) is 4.31. The predicted molar refractivity (Wildman–Crippen MR) is 115 cm³/mol. The fraction of sp³-hybridized carbons (Fsp3) is 0.318. The van der Waals surface area contributed by atoms with Gasteiger partial charge in [-0.2, -0.15) is 0 Å². The van der Waals surface area contributed by atoms with Crippen molar-refractivity contribution in [3.63, 3.8) is 0 Å². The number of ether oxygens (including phenoxy) is 1. The molecule has 0 radical (unpaired) electrons. The highest BCUT2D eigenvalue weighted by molar-refractivity contribution is 6.30. The highest BCUT2D eigenvalue weighted by atomic mass is 35.5. The van der Waals surface area contributed by atoms with Crippen LogP contribution >= 0.6 is 11.6 Å². The Labute approximate surface area is 174 Å². The van der Waals surface area contributed by atoms with Crippen LogP contribution in [0, 0.1) is 6.92 Å². The molecule has 0 saturated carbocycles. The zero-order valence-corrected chi connectivity index (χ0v) is 17.9. The first-order chi connectivity index (χ1) is 13.6. The largest absolute Gasteiger partial charge is 0.444 e. The summed E-state index contributed by atoms with van der Waals surface area (Å²) in [5.74, 6) is 0.393. The summed E-state index contributed by atoms with van der Waals surface area (Å²) in [7, 11) is 0. The summed E-state index contributed by atoms with van der Waals surface area (Å²) in [5.41, 5.74) is 1.19. The van der Waals surface area contributed by atoms with E-state index in [0.717, 1.165) is 5.56 Å². The quantitative estimate of drug-likeness (QED) is 0.660. The maximum Gasteiger partial charge on any atom is 0.408 e. The van der Waals surface area contributed by atoms with Crippen molar-refractivity contribution in [3.8, 4) is 5.69 Å². The van der Waals surface area contributed by atoms with E-state index in [1.807, 2.05) is 19.1 Å². The van der Waals surface area contributed by atoms with Crippen molar-refractivity contribution in [1.82, 2.24) is 14.9 Å². The van der Waals surface area contributed by atoms with E-state index in [0.29, 0.717) is 27.4 Å². The summed E-state index contributed by atoms with van der Waals surface area (Å²) in [5, 5.41) is 3.77. The lowest BCUT2D eigenvalue weighted by atomic mass is 10.1. The van der Waals surface area contributed by atoms with Crippen LogP contribution in [0.5, 0.6) is 0 Å². The number of alkyl carbamates (subject to hydrolysis) is 1. The molecule has 0 aliphatic carbocycles. The highest BCUT2D eigenvalue weighted by Gasteiger charge is 2.23. The minimum Gasteiger partial charge on any atom is -0.444 e. The average molecular weight is 414 g/mol. The van der Waals surface area contributed by atoms with Gasteiger partial charge in [-0.15, -0.1) is 0 Å². The van der Waals surface area contributed by atoms with Gasteiger partial charge < -0.3 is 10.1 Å². The predicted octanol–water partition coefficient (Wildman–Crippen LogP) is 4.93. The Morgan fingerprint density at radius 3 is 2.55 bits per heavy atom. The van der Waals surface area contributed by atoms with Crippen LogP contribution < -0.4 is 10.9 Å². The average Bonchev–Trinajstić information content (AvgIpc) is 2.60. The van der Waals surface area contributed by atoms with E-state index in [1.54, 1.807) is 58.0 Å². The Kier molecular flexibility index (Phi) is 5.66. The monoisotopic (exact) mass is 413 g/mol. The molecular weight excluding hydrogens is 390 g/mol. The van der Waals surface area contributed by atoms with E-state index in [9.17, 15) is 9.59 Å². The number of aromatic nitrogens is 2. The molecule has 1 amide bonds. The van der Waals surface area contributed by atoms with E-state index in [1.165, 1.54) is 4.57 Å². The van der Waals surface area contributed by atoms with Crippen molar-refractivity contribution in [2.75, 3.05) is 0 Å². The molecule has 1 unspecified atom stereocenters. The van der Waals surface area contributed by atoms with Crippen molar-refractivity contribution >= 4 is 28.6 Å². The van der Waals surface area contributed by atoms with Gasteiger partial charge in [0.05, 0.1) is 22.6 Å². The number of carbonyl (C=O) groups is 1. The van der Waals surface area contributed by atoms with E-state index < -0.39 is 17.7 Å². The number of fused-ring (bicyclic) bond motifs is 1. The number of hydrogen-bond acceptors (Lipinski definition) is 4. The molecule has 2 aromatic carbocycles. The van der Waals surface area contributed by atoms with Crippen molar-refractivity contribution in [2.24, 2.45) is 0 Å². The van der Waals surface area contributed by atoms with Crippen molar-refractivity contribution in [1.29, 1.82) is 0 Å². The lowest BCUT2D eigenvalue weighted by Gasteiger charge is -2.23. The number of aryl methyl sites for hydroxylation is 1. The zero-order chi connectivity index (χ0) is 21.3. The molecule has 1 heterocycles. The molecule has 152 valence electrons. The fourth-order valence-electron chi connectivity index (χ4n) is 3.07. The molecule has 0 spiro atoms. The van der Waals surface area contributed by atoms with E-state index in [-0.39, 0.29) is 5.56 Å². The lowest BCUT2D eigenvalue weighted by Crippen LogP contribution is -2.37. The molecule has 7 heteroatoms. The summed E-state index contributed by atoms with van der Waals surface area (Å²) >= 11 is 6.15. The van der Waals surface area contributed by atoms with E-state index >= 15 is 0 Å². The minimum absolute atomic E-state index is 0.228. The summed E-state index contributed by atoms with van der Waals surface area (Å²) < 4.78 is 6.83. The van der Waals surface area contributed by atoms with Gasteiger partial charge in [-0.3, -0.25) is 9.36 Å². The third-order valence-corrected chi connectivity index (χ3v) is 4.55. The van der Waals surface area contributed by atoms with Crippen LogP contribution in [0.15, 0.2) is 47.3 Å². The van der Waals surface area contributed by atoms with Gasteiger partial charge in [0, 0.05) is 5.02 Å². The molecule has 1 atom stereocenters.